The number of amides is 1. The van der Waals surface area contributed by atoms with Crippen LogP contribution in [-0.2, 0) is 6.42 Å². The number of aliphatic hydroxyl groups excluding tert-OH is 1. The zero-order valence-corrected chi connectivity index (χ0v) is 18.6. The number of ketones is 1. The third-order valence-corrected chi connectivity index (χ3v) is 4.93. The van der Waals surface area contributed by atoms with Crippen LogP contribution < -0.4 is 10.1 Å². The van der Waals surface area contributed by atoms with Crippen molar-refractivity contribution in [2.45, 2.75) is 38.8 Å². The van der Waals surface area contributed by atoms with Crippen LogP contribution in [0.4, 0.5) is 0 Å². The van der Waals surface area contributed by atoms with Gasteiger partial charge in [-0.05, 0) is 50.5 Å². The molecular formula is C23H25BrN2O4. The number of nitrogens with zero attached hydrogens (tertiary/aromatic N) is 1. The lowest BCUT2D eigenvalue weighted by Gasteiger charge is -2.19. The SMILES string of the molecule is CC(C)Oc1ccc(C(=O)NC(CCO)Cc2ccc(C(=O)CBr)cc2)cc1C#N. The van der Waals surface area contributed by atoms with Crippen LogP contribution in [0.3, 0.4) is 0 Å². The zero-order chi connectivity index (χ0) is 22.1. The van der Waals surface area contributed by atoms with Crippen molar-refractivity contribution in [3.8, 4) is 11.8 Å². The minimum absolute atomic E-state index is 0.0000452. The van der Waals surface area contributed by atoms with Gasteiger partial charge in [0.15, 0.2) is 5.78 Å². The summed E-state index contributed by atoms with van der Waals surface area (Å²) in [5.41, 5.74) is 2.20. The van der Waals surface area contributed by atoms with Gasteiger partial charge in [0.1, 0.15) is 11.8 Å². The number of halogens is 1. The maximum absolute atomic E-state index is 12.7. The van der Waals surface area contributed by atoms with E-state index in [4.69, 9.17) is 4.74 Å². The topological polar surface area (TPSA) is 99.4 Å². The van der Waals surface area contributed by atoms with Crippen molar-refractivity contribution in [3.63, 3.8) is 0 Å². The molecule has 0 spiro atoms. The molecule has 0 saturated heterocycles. The van der Waals surface area contributed by atoms with Gasteiger partial charge < -0.3 is 15.2 Å². The number of hydrogen-bond acceptors (Lipinski definition) is 5. The molecule has 158 valence electrons. The summed E-state index contributed by atoms with van der Waals surface area (Å²) >= 11 is 3.15. The van der Waals surface area contributed by atoms with Crippen molar-refractivity contribution in [2.75, 3.05) is 11.9 Å². The average molecular weight is 473 g/mol. The van der Waals surface area contributed by atoms with Crippen molar-refractivity contribution in [1.82, 2.24) is 5.32 Å². The number of alkyl halides is 1. The van der Waals surface area contributed by atoms with Gasteiger partial charge in [-0.3, -0.25) is 9.59 Å². The predicted molar refractivity (Wildman–Crippen MR) is 118 cm³/mol. The van der Waals surface area contributed by atoms with Crippen molar-refractivity contribution >= 4 is 27.6 Å². The fourth-order valence-electron chi connectivity index (χ4n) is 2.95. The van der Waals surface area contributed by atoms with E-state index >= 15 is 0 Å². The quantitative estimate of drug-likeness (QED) is 0.406. The summed E-state index contributed by atoms with van der Waals surface area (Å²) in [7, 11) is 0. The van der Waals surface area contributed by atoms with Gasteiger partial charge >= 0.3 is 0 Å². The maximum Gasteiger partial charge on any atom is 0.251 e. The molecule has 2 aromatic carbocycles. The molecule has 1 amide bonds. The summed E-state index contributed by atoms with van der Waals surface area (Å²) in [6.45, 7) is 3.66. The number of aliphatic hydroxyl groups is 1. The third kappa shape index (κ3) is 6.68. The highest BCUT2D eigenvalue weighted by Gasteiger charge is 2.17. The smallest absolute Gasteiger partial charge is 0.251 e. The van der Waals surface area contributed by atoms with E-state index < -0.39 is 0 Å². The average Bonchev–Trinajstić information content (AvgIpc) is 2.73. The summed E-state index contributed by atoms with van der Waals surface area (Å²) < 4.78 is 5.59. The number of nitriles is 1. The van der Waals surface area contributed by atoms with Crippen molar-refractivity contribution in [1.29, 1.82) is 5.26 Å². The monoisotopic (exact) mass is 472 g/mol. The highest BCUT2D eigenvalue weighted by Crippen LogP contribution is 2.21. The lowest BCUT2D eigenvalue weighted by molar-refractivity contribution is 0.0929. The molecule has 0 bridgehead atoms. The Morgan fingerprint density at radius 1 is 1.17 bits per heavy atom. The molecule has 0 aromatic heterocycles. The number of carbonyl (C=O) groups excluding carboxylic acids is 2. The van der Waals surface area contributed by atoms with Crippen LogP contribution >= 0.6 is 15.9 Å². The van der Waals surface area contributed by atoms with Gasteiger partial charge in [-0.2, -0.15) is 5.26 Å². The predicted octanol–water partition coefficient (Wildman–Crippen LogP) is 3.65. The third-order valence-electron chi connectivity index (χ3n) is 4.42. The molecule has 6 nitrogen and oxygen atoms in total. The molecule has 1 unspecified atom stereocenters. The summed E-state index contributed by atoms with van der Waals surface area (Å²) in [5, 5.41) is 21.9. The molecule has 0 aliphatic carbocycles. The Morgan fingerprint density at radius 3 is 2.40 bits per heavy atom. The fourth-order valence-corrected chi connectivity index (χ4v) is 3.28. The number of carbonyl (C=O) groups is 2. The largest absolute Gasteiger partial charge is 0.490 e. The Bertz CT molecular complexity index is 920. The van der Waals surface area contributed by atoms with Crippen molar-refractivity contribution < 1.29 is 19.4 Å². The Kier molecular flexibility index (Phi) is 9.03. The first-order valence-corrected chi connectivity index (χ1v) is 10.8. The Morgan fingerprint density at radius 2 is 1.83 bits per heavy atom. The van der Waals surface area contributed by atoms with Crippen LogP contribution in [0.25, 0.3) is 0 Å². The number of nitrogens with one attached hydrogen (secondary N) is 1. The molecule has 7 heteroatoms. The van der Waals surface area contributed by atoms with Gasteiger partial charge in [-0.25, -0.2) is 0 Å². The summed E-state index contributed by atoms with van der Waals surface area (Å²) in [4.78, 5) is 24.4. The van der Waals surface area contributed by atoms with Crippen molar-refractivity contribution in [3.05, 3.63) is 64.7 Å². The van der Waals surface area contributed by atoms with Crippen LogP contribution in [0.1, 0.15) is 52.1 Å². The minimum atomic E-state index is -0.327. The number of rotatable bonds is 10. The van der Waals surface area contributed by atoms with Gasteiger partial charge in [-0.1, -0.05) is 40.2 Å². The van der Waals surface area contributed by atoms with E-state index in [-0.39, 0.29) is 35.8 Å². The first-order valence-electron chi connectivity index (χ1n) is 9.68. The van der Waals surface area contributed by atoms with E-state index in [2.05, 4.69) is 27.3 Å². The normalized spacial score (nSPS) is 11.6. The Labute approximate surface area is 185 Å². The van der Waals surface area contributed by atoms with E-state index in [0.29, 0.717) is 35.3 Å². The van der Waals surface area contributed by atoms with E-state index in [1.165, 1.54) is 6.07 Å². The molecule has 0 aliphatic heterocycles. The van der Waals surface area contributed by atoms with Crippen LogP contribution in [0.2, 0.25) is 0 Å². The molecule has 30 heavy (non-hydrogen) atoms. The van der Waals surface area contributed by atoms with E-state index in [1.807, 2.05) is 26.0 Å². The molecule has 2 aromatic rings. The number of Topliss-reactive ketones (excluding diaryl/α,β-unsaturated/α-hetero) is 1. The summed E-state index contributed by atoms with van der Waals surface area (Å²) in [6.07, 6.45) is 0.810. The molecular weight excluding hydrogens is 448 g/mol. The van der Waals surface area contributed by atoms with Crippen LogP contribution in [0.5, 0.6) is 5.75 Å². The van der Waals surface area contributed by atoms with Gasteiger partial charge in [0.05, 0.1) is 17.0 Å². The van der Waals surface area contributed by atoms with Gasteiger partial charge in [0, 0.05) is 23.8 Å². The Hall–Kier alpha value is -2.69. The number of hydrogen-bond donors (Lipinski definition) is 2. The Balaban J connectivity index is 2.11. The van der Waals surface area contributed by atoms with Crippen molar-refractivity contribution in [2.24, 2.45) is 0 Å². The minimum Gasteiger partial charge on any atom is -0.490 e. The summed E-state index contributed by atoms with van der Waals surface area (Å²) in [6, 6.07) is 13.7. The fraction of sp³-hybridized carbons (Fsp3) is 0.348. The summed E-state index contributed by atoms with van der Waals surface area (Å²) in [5.74, 6) is 0.112. The lowest BCUT2D eigenvalue weighted by Crippen LogP contribution is -2.37. The highest BCUT2D eigenvalue weighted by molar-refractivity contribution is 9.09. The van der Waals surface area contributed by atoms with Gasteiger partial charge in [0.25, 0.3) is 5.91 Å². The van der Waals surface area contributed by atoms with E-state index in [0.717, 1.165) is 5.56 Å². The molecule has 0 aliphatic rings. The lowest BCUT2D eigenvalue weighted by atomic mass is 10.0. The second-order valence-electron chi connectivity index (χ2n) is 7.13. The first kappa shape index (κ1) is 23.6. The number of benzene rings is 2. The van der Waals surface area contributed by atoms with Crippen LogP contribution in [0.15, 0.2) is 42.5 Å². The molecule has 0 radical (unpaired) electrons. The second-order valence-corrected chi connectivity index (χ2v) is 7.69. The molecule has 2 rings (SSSR count). The van der Waals surface area contributed by atoms with Crippen LogP contribution in [0, 0.1) is 11.3 Å². The molecule has 0 fully saturated rings. The molecule has 0 saturated carbocycles. The molecule has 2 N–H and O–H groups in total. The number of ether oxygens (including phenoxy) is 1. The standard InChI is InChI=1S/C23H25BrN2O4/c1-15(2)30-22-8-7-18(12-19(22)14-25)23(29)26-20(9-10-27)11-16-3-5-17(6-4-16)21(28)13-24/h3-8,12,15,20,27H,9-11,13H2,1-2H3,(H,26,29). The molecule has 1 atom stereocenters. The van der Waals surface area contributed by atoms with Gasteiger partial charge in [0.2, 0.25) is 0 Å². The van der Waals surface area contributed by atoms with E-state index in [9.17, 15) is 20.0 Å². The van der Waals surface area contributed by atoms with Gasteiger partial charge in [-0.15, -0.1) is 0 Å². The van der Waals surface area contributed by atoms with Crippen LogP contribution in [-0.4, -0.2) is 40.9 Å². The second kappa shape index (κ2) is 11.5. The highest BCUT2D eigenvalue weighted by atomic mass is 79.9. The maximum atomic E-state index is 12.7. The first-order chi connectivity index (χ1) is 14.4. The molecule has 0 heterocycles. The zero-order valence-electron chi connectivity index (χ0n) is 17.0. The van der Waals surface area contributed by atoms with E-state index in [1.54, 1.807) is 24.3 Å².